The molecule has 2 rings (SSSR count). The maximum atomic E-state index is 11.9. The van der Waals surface area contributed by atoms with E-state index in [1.54, 1.807) is 18.2 Å². The summed E-state index contributed by atoms with van der Waals surface area (Å²) in [5.41, 5.74) is 0.513. The van der Waals surface area contributed by atoms with E-state index in [9.17, 15) is 9.59 Å². The van der Waals surface area contributed by atoms with E-state index in [1.807, 2.05) is 0 Å². The van der Waals surface area contributed by atoms with Crippen LogP contribution in [0.15, 0.2) is 18.2 Å². The summed E-state index contributed by atoms with van der Waals surface area (Å²) in [5, 5.41) is 3.74. The number of carbonyl (C=O) groups excluding carboxylic acids is 2. The first kappa shape index (κ1) is 18.0. The molecule has 1 N–H and O–H groups in total. The molecule has 5 nitrogen and oxygen atoms in total. The van der Waals surface area contributed by atoms with Gasteiger partial charge < -0.3 is 15.0 Å². The zero-order chi connectivity index (χ0) is 16.8. The number of hydrogen-bond acceptors (Lipinski definition) is 3. The summed E-state index contributed by atoms with van der Waals surface area (Å²) < 4.78 is 5.45. The van der Waals surface area contributed by atoms with Crippen LogP contribution in [0.5, 0.6) is 0 Å². The third-order valence-electron chi connectivity index (χ3n) is 3.69. The number of nitrogens with one attached hydrogen (secondary N) is 1. The predicted molar refractivity (Wildman–Crippen MR) is 91.1 cm³/mol. The lowest BCUT2D eigenvalue weighted by Crippen LogP contribution is -2.36. The van der Waals surface area contributed by atoms with Crippen LogP contribution in [0.3, 0.4) is 0 Å². The van der Waals surface area contributed by atoms with Crippen molar-refractivity contribution in [3.8, 4) is 0 Å². The molecule has 0 radical (unpaired) electrons. The van der Waals surface area contributed by atoms with Crippen LogP contribution in [0.2, 0.25) is 10.0 Å². The van der Waals surface area contributed by atoms with Gasteiger partial charge in [0, 0.05) is 38.1 Å². The topological polar surface area (TPSA) is 58.6 Å². The van der Waals surface area contributed by atoms with Crippen LogP contribution in [0.1, 0.15) is 26.2 Å². The molecule has 1 fully saturated rings. The van der Waals surface area contributed by atoms with Crippen LogP contribution < -0.4 is 10.2 Å². The summed E-state index contributed by atoms with van der Waals surface area (Å²) in [7, 11) is 0. The molecule has 126 valence electrons. The van der Waals surface area contributed by atoms with Crippen molar-refractivity contribution in [2.75, 3.05) is 24.6 Å². The highest BCUT2D eigenvalue weighted by Crippen LogP contribution is 2.29. The number of rotatable bonds is 6. The molecule has 1 aromatic rings. The molecule has 1 atom stereocenters. The molecule has 7 heteroatoms. The van der Waals surface area contributed by atoms with Gasteiger partial charge in [0.15, 0.2) is 0 Å². The molecule has 1 saturated heterocycles. The largest absolute Gasteiger partial charge is 0.376 e. The lowest BCUT2D eigenvalue weighted by molar-refractivity contribution is -0.121. The summed E-state index contributed by atoms with van der Waals surface area (Å²) in [6, 6.07) is 4.91. The molecule has 0 bridgehead atoms. The third-order valence-corrected chi connectivity index (χ3v) is 4.25. The highest BCUT2D eigenvalue weighted by atomic mass is 35.5. The molecule has 1 aromatic carbocycles. The Labute approximate surface area is 145 Å². The highest BCUT2D eigenvalue weighted by Gasteiger charge is 2.19. The Balaban J connectivity index is 1.90. The van der Waals surface area contributed by atoms with Gasteiger partial charge in [-0.1, -0.05) is 23.2 Å². The molecule has 1 aliphatic rings. The van der Waals surface area contributed by atoms with Gasteiger partial charge in [0.1, 0.15) is 0 Å². The van der Waals surface area contributed by atoms with Gasteiger partial charge in [-0.25, -0.2) is 0 Å². The van der Waals surface area contributed by atoms with Crippen molar-refractivity contribution in [1.82, 2.24) is 5.32 Å². The number of amides is 2. The number of halogens is 2. The molecule has 0 saturated carbocycles. The Kier molecular flexibility index (Phi) is 6.69. The van der Waals surface area contributed by atoms with Crippen molar-refractivity contribution >= 4 is 40.7 Å². The van der Waals surface area contributed by atoms with Gasteiger partial charge in [-0.3, -0.25) is 9.59 Å². The molecule has 1 heterocycles. The summed E-state index contributed by atoms with van der Waals surface area (Å²) >= 11 is 12.1. The van der Waals surface area contributed by atoms with Crippen LogP contribution in [0, 0.1) is 0 Å². The fourth-order valence-electron chi connectivity index (χ4n) is 2.47. The van der Waals surface area contributed by atoms with Crippen molar-refractivity contribution in [1.29, 1.82) is 0 Å². The standard InChI is InChI=1S/C16H20Cl2N2O3/c1-11(21)20(15-9-12(17)4-5-14(15)18)7-6-16(22)19-10-13-3-2-8-23-13/h4-5,9,13H,2-3,6-8,10H2,1H3,(H,19,22). The van der Waals surface area contributed by atoms with Gasteiger partial charge in [-0.05, 0) is 31.0 Å². The third kappa shape index (κ3) is 5.37. The van der Waals surface area contributed by atoms with Gasteiger partial charge in [0.2, 0.25) is 11.8 Å². The van der Waals surface area contributed by atoms with Gasteiger partial charge >= 0.3 is 0 Å². The second-order valence-corrected chi connectivity index (χ2v) is 6.30. The molecular weight excluding hydrogens is 339 g/mol. The summed E-state index contributed by atoms with van der Waals surface area (Å²) in [4.78, 5) is 25.3. The number of anilines is 1. The van der Waals surface area contributed by atoms with E-state index in [4.69, 9.17) is 27.9 Å². The van der Waals surface area contributed by atoms with E-state index >= 15 is 0 Å². The monoisotopic (exact) mass is 358 g/mol. The van der Waals surface area contributed by atoms with Crippen LogP contribution in [-0.2, 0) is 14.3 Å². The molecule has 1 unspecified atom stereocenters. The summed E-state index contributed by atoms with van der Waals surface area (Å²) in [6.45, 7) is 2.94. The quantitative estimate of drug-likeness (QED) is 0.850. The van der Waals surface area contributed by atoms with Gasteiger partial charge in [-0.15, -0.1) is 0 Å². The second kappa shape index (κ2) is 8.52. The lowest BCUT2D eigenvalue weighted by atomic mass is 10.2. The van der Waals surface area contributed by atoms with E-state index in [-0.39, 0.29) is 30.9 Å². The summed E-state index contributed by atoms with van der Waals surface area (Å²) in [5.74, 6) is -0.314. The van der Waals surface area contributed by atoms with E-state index in [0.29, 0.717) is 22.3 Å². The minimum Gasteiger partial charge on any atom is -0.376 e. The van der Waals surface area contributed by atoms with E-state index in [2.05, 4.69) is 5.32 Å². The van der Waals surface area contributed by atoms with Crippen LogP contribution >= 0.6 is 23.2 Å². The van der Waals surface area contributed by atoms with E-state index < -0.39 is 0 Å². The van der Waals surface area contributed by atoms with Crippen molar-refractivity contribution in [3.05, 3.63) is 28.2 Å². The average Bonchev–Trinajstić information content (AvgIpc) is 3.02. The first-order valence-corrected chi connectivity index (χ1v) is 8.34. The maximum absolute atomic E-state index is 11.9. The molecular formula is C16H20Cl2N2O3. The average molecular weight is 359 g/mol. The van der Waals surface area contributed by atoms with Crippen molar-refractivity contribution in [2.24, 2.45) is 0 Å². The molecule has 0 aromatic heterocycles. The predicted octanol–water partition coefficient (Wildman–Crippen LogP) is 3.03. The van der Waals surface area contributed by atoms with E-state index in [0.717, 1.165) is 19.4 Å². The first-order chi connectivity index (χ1) is 11.0. The Morgan fingerprint density at radius 1 is 1.39 bits per heavy atom. The van der Waals surface area contributed by atoms with Crippen molar-refractivity contribution in [3.63, 3.8) is 0 Å². The fourth-order valence-corrected chi connectivity index (χ4v) is 2.86. The Hall–Kier alpha value is -1.30. The number of benzene rings is 1. The Bertz CT molecular complexity index is 574. The molecule has 23 heavy (non-hydrogen) atoms. The molecule has 0 spiro atoms. The van der Waals surface area contributed by atoms with Gasteiger partial charge in [0.05, 0.1) is 16.8 Å². The highest BCUT2D eigenvalue weighted by molar-refractivity contribution is 6.35. The maximum Gasteiger partial charge on any atom is 0.223 e. The zero-order valence-electron chi connectivity index (χ0n) is 13.0. The van der Waals surface area contributed by atoms with Crippen LogP contribution in [-0.4, -0.2) is 37.6 Å². The van der Waals surface area contributed by atoms with Crippen molar-refractivity contribution in [2.45, 2.75) is 32.3 Å². The molecule has 1 aliphatic heterocycles. The number of ether oxygens (including phenoxy) is 1. The van der Waals surface area contributed by atoms with E-state index in [1.165, 1.54) is 11.8 Å². The Morgan fingerprint density at radius 3 is 2.83 bits per heavy atom. The summed E-state index contributed by atoms with van der Waals surface area (Å²) in [6.07, 6.45) is 2.30. The smallest absolute Gasteiger partial charge is 0.223 e. The second-order valence-electron chi connectivity index (χ2n) is 5.46. The SMILES string of the molecule is CC(=O)N(CCC(=O)NCC1CCCO1)c1cc(Cl)ccc1Cl. The first-order valence-electron chi connectivity index (χ1n) is 7.59. The number of hydrogen-bond donors (Lipinski definition) is 1. The fraction of sp³-hybridized carbons (Fsp3) is 0.500. The van der Waals surface area contributed by atoms with Gasteiger partial charge in [0.25, 0.3) is 0 Å². The number of carbonyl (C=O) groups is 2. The van der Waals surface area contributed by atoms with Crippen molar-refractivity contribution < 1.29 is 14.3 Å². The zero-order valence-corrected chi connectivity index (χ0v) is 14.5. The molecule has 2 amide bonds. The minimum atomic E-state index is -0.193. The molecule has 0 aliphatic carbocycles. The minimum absolute atomic E-state index is 0.102. The van der Waals surface area contributed by atoms with Gasteiger partial charge in [-0.2, -0.15) is 0 Å². The van der Waals surface area contributed by atoms with Crippen LogP contribution in [0.4, 0.5) is 5.69 Å². The lowest BCUT2D eigenvalue weighted by Gasteiger charge is -2.22. The Morgan fingerprint density at radius 2 is 2.17 bits per heavy atom. The normalized spacial score (nSPS) is 17.1. The number of nitrogens with zero attached hydrogens (tertiary/aromatic N) is 1. The van der Waals surface area contributed by atoms with Crippen LogP contribution in [0.25, 0.3) is 0 Å².